The summed E-state index contributed by atoms with van der Waals surface area (Å²) in [5.41, 5.74) is 1.50. The molecule has 1 atom stereocenters. The van der Waals surface area contributed by atoms with Crippen LogP contribution in [0.4, 0.5) is 0 Å². The molecule has 0 fully saturated rings. The lowest BCUT2D eigenvalue weighted by Crippen LogP contribution is -2.30. The van der Waals surface area contributed by atoms with Gasteiger partial charge in [0, 0.05) is 14.6 Å². The van der Waals surface area contributed by atoms with Crippen molar-refractivity contribution >= 4 is 8.07 Å². The van der Waals surface area contributed by atoms with E-state index in [0.717, 1.165) is 19.0 Å². The highest BCUT2D eigenvalue weighted by Crippen LogP contribution is 2.26. The quantitative estimate of drug-likeness (QED) is 0.721. The third-order valence-corrected chi connectivity index (χ3v) is 4.79. The van der Waals surface area contributed by atoms with Crippen LogP contribution in [0.5, 0.6) is 0 Å². The Morgan fingerprint density at radius 1 is 1.00 bits per heavy atom. The second-order valence-electron chi connectivity index (χ2n) is 6.92. The Morgan fingerprint density at radius 2 is 1.61 bits per heavy atom. The van der Waals surface area contributed by atoms with Gasteiger partial charge in [0.25, 0.3) is 0 Å². The van der Waals surface area contributed by atoms with Gasteiger partial charge in [0.1, 0.15) is 0 Å². The van der Waals surface area contributed by atoms with Crippen molar-refractivity contribution in [2.45, 2.75) is 45.5 Å². The van der Waals surface area contributed by atoms with Crippen LogP contribution in [0.3, 0.4) is 0 Å². The lowest BCUT2D eigenvalue weighted by molar-refractivity contribution is 0.527. The molecular formula is C16H29NSi. The molecule has 0 spiro atoms. The normalized spacial score (nSPS) is 13.9. The molecule has 0 heterocycles. The average Bonchev–Trinajstić information content (AvgIpc) is 2.27. The van der Waals surface area contributed by atoms with E-state index in [1.54, 1.807) is 0 Å². The van der Waals surface area contributed by atoms with Gasteiger partial charge in [0.05, 0.1) is 0 Å². The van der Waals surface area contributed by atoms with Crippen molar-refractivity contribution in [1.29, 1.82) is 0 Å². The Labute approximate surface area is 114 Å². The summed E-state index contributed by atoms with van der Waals surface area (Å²) in [6, 6.07) is 12.4. The molecular weight excluding hydrogens is 234 g/mol. The van der Waals surface area contributed by atoms with E-state index < -0.39 is 8.07 Å². The molecule has 2 heteroatoms. The molecule has 1 aromatic rings. The fourth-order valence-electron chi connectivity index (χ4n) is 2.32. The number of hydrogen-bond donors (Lipinski definition) is 1. The zero-order chi connectivity index (χ0) is 13.6. The number of benzene rings is 1. The zero-order valence-corrected chi connectivity index (χ0v) is 13.7. The van der Waals surface area contributed by atoms with Crippen LogP contribution in [0.25, 0.3) is 0 Å². The summed E-state index contributed by atoms with van der Waals surface area (Å²) < 4.78 is 0. The molecule has 0 aliphatic rings. The van der Waals surface area contributed by atoms with Gasteiger partial charge in [0.2, 0.25) is 0 Å². The SMILES string of the molecule is CC(C)CNCC(C[Si](C)(C)C)c1ccccc1. The smallest absolute Gasteiger partial charge is 0.0449 e. The van der Waals surface area contributed by atoms with Crippen molar-refractivity contribution in [1.82, 2.24) is 5.32 Å². The topological polar surface area (TPSA) is 12.0 Å². The lowest BCUT2D eigenvalue weighted by Gasteiger charge is -2.25. The summed E-state index contributed by atoms with van der Waals surface area (Å²) in [4.78, 5) is 0. The van der Waals surface area contributed by atoms with E-state index in [1.807, 2.05) is 0 Å². The van der Waals surface area contributed by atoms with Crippen LogP contribution in [-0.2, 0) is 0 Å². The summed E-state index contributed by atoms with van der Waals surface area (Å²) in [6.45, 7) is 14.2. The van der Waals surface area contributed by atoms with Crippen molar-refractivity contribution in [2.24, 2.45) is 5.92 Å². The molecule has 1 nitrogen and oxygen atoms in total. The van der Waals surface area contributed by atoms with E-state index in [0.29, 0.717) is 5.92 Å². The van der Waals surface area contributed by atoms with Crippen LogP contribution in [0, 0.1) is 5.92 Å². The standard InChI is InChI=1S/C16H29NSi/c1-14(2)11-17-12-16(13-18(3,4)5)15-9-7-6-8-10-15/h6-10,14,16-17H,11-13H2,1-5H3. The largest absolute Gasteiger partial charge is 0.316 e. The molecule has 0 aliphatic heterocycles. The van der Waals surface area contributed by atoms with Gasteiger partial charge >= 0.3 is 0 Å². The highest BCUT2D eigenvalue weighted by atomic mass is 28.3. The summed E-state index contributed by atoms with van der Waals surface area (Å²) in [7, 11) is -1.02. The first-order valence-electron chi connectivity index (χ1n) is 7.14. The van der Waals surface area contributed by atoms with E-state index in [-0.39, 0.29) is 0 Å². The van der Waals surface area contributed by atoms with E-state index in [1.165, 1.54) is 11.6 Å². The van der Waals surface area contributed by atoms with Crippen LogP contribution in [-0.4, -0.2) is 21.2 Å². The minimum absolute atomic E-state index is 0.677. The number of rotatable bonds is 7. The van der Waals surface area contributed by atoms with Crippen LogP contribution >= 0.6 is 0 Å². The maximum atomic E-state index is 3.63. The third kappa shape index (κ3) is 6.36. The predicted octanol–water partition coefficient (Wildman–Crippen LogP) is 4.35. The van der Waals surface area contributed by atoms with E-state index in [2.05, 4.69) is 69.1 Å². The molecule has 1 unspecified atom stereocenters. The van der Waals surface area contributed by atoms with Gasteiger partial charge in [-0.2, -0.15) is 0 Å². The molecule has 0 aromatic heterocycles. The Kier molecular flexibility index (Phi) is 6.10. The molecule has 0 radical (unpaired) electrons. The van der Waals surface area contributed by atoms with Crippen molar-refractivity contribution in [3.8, 4) is 0 Å². The van der Waals surface area contributed by atoms with Gasteiger partial charge in [-0.1, -0.05) is 63.8 Å². The predicted molar refractivity (Wildman–Crippen MR) is 85.0 cm³/mol. The van der Waals surface area contributed by atoms with Crippen molar-refractivity contribution < 1.29 is 0 Å². The van der Waals surface area contributed by atoms with E-state index in [4.69, 9.17) is 0 Å². The molecule has 0 saturated carbocycles. The van der Waals surface area contributed by atoms with Gasteiger partial charge in [-0.25, -0.2) is 0 Å². The fourth-order valence-corrected chi connectivity index (χ4v) is 4.18. The minimum atomic E-state index is -1.02. The van der Waals surface area contributed by atoms with Crippen LogP contribution in [0.1, 0.15) is 25.3 Å². The molecule has 0 saturated heterocycles. The number of hydrogen-bond acceptors (Lipinski definition) is 1. The van der Waals surface area contributed by atoms with Crippen LogP contribution in [0.15, 0.2) is 30.3 Å². The summed E-state index contributed by atoms with van der Waals surface area (Å²) in [6.07, 6.45) is 0. The Balaban J connectivity index is 2.64. The van der Waals surface area contributed by atoms with Gasteiger partial charge in [-0.3, -0.25) is 0 Å². The van der Waals surface area contributed by atoms with Crippen molar-refractivity contribution in [3.63, 3.8) is 0 Å². The molecule has 1 aromatic carbocycles. The van der Waals surface area contributed by atoms with Gasteiger partial charge < -0.3 is 5.32 Å². The summed E-state index contributed by atoms with van der Waals surface area (Å²) in [5.74, 6) is 1.41. The molecule has 0 amide bonds. The van der Waals surface area contributed by atoms with Crippen LogP contribution in [0.2, 0.25) is 25.7 Å². The second kappa shape index (κ2) is 7.10. The van der Waals surface area contributed by atoms with Crippen molar-refractivity contribution in [2.75, 3.05) is 13.1 Å². The van der Waals surface area contributed by atoms with Crippen molar-refractivity contribution in [3.05, 3.63) is 35.9 Å². The Hall–Kier alpha value is -0.603. The molecule has 18 heavy (non-hydrogen) atoms. The molecule has 0 aliphatic carbocycles. The third-order valence-electron chi connectivity index (χ3n) is 3.07. The monoisotopic (exact) mass is 263 g/mol. The first-order valence-corrected chi connectivity index (χ1v) is 10.8. The highest BCUT2D eigenvalue weighted by Gasteiger charge is 2.21. The van der Waals surface area contributed by atoms with E-state index in [9.17, 15) is 0 Å². The molecule has 102 valence electrons. The first-order chi connectivity index (χ1) is 8.38. The summed E-state index contributed by atoms with van der Waals surface area (Å²) in [5, 5.41) is 3.63. The highest BCUT2D eigenvalue weighted by molar-refractivity contribution is 6.76. The zero-order valence-electron chi connectivity index (χ0n) is 12.7. The van der Waals surface area contributed by atoms with Gasteiger partial charge in [-0.15, -0.1) is 0 Å². The van der Waals surface area contributed by atoms with Crippen LogP contribution < -0.4 is 5.32 Å². The first kappa shape index (κ1) is 15.5. The fraction of sp³-hybridized carbons (Fsp3) is 0.625. The molecule has 1 rings (SSSR count). The second-order valence-corrected chi connectivity index (χ2v) is 12.5. The average molecular weight is 264 g/mol. The molecule has 1 N–H and O–H groups in total. The van der Waals surface area contributed by atoms with Gasteiger partial charge in [-0.05, 0) is 30.0 Å². The van der Waals surface area contributed by atoms with Gasteiger partial charge in [0.15, 0.2) is 0 Å². The van der Waals surface area contributed by atoms with E-state index >= 15 is 0 Å². The lowest BCUT2D eigenvalue weighted by atomic mass is 10.0. The Bertz CT molecular complexity index is 327. The minimum Gasteiger partial charge on any atom is -0.316 e. The maximum absolute atomic E-state index is 3.63. The number of nitrogens with one attached hydrogen (secondary N) is 1. The Morgan fingerprint density at radius 3 is 2.11 bits per heavy atom. The summed E-state index contributed by atoms with van der Waals surface area (Å²) >= 11 is 0. The maximum Gasteiger partial charge on any atom is 0.0449 e. The molecule has 0 bridgehead atoms.